The van der Waals surface area contributed by atoms with Gasteiger partial charge in [0, 0.05) is 0 Å². The Morgan fingerprint density at radius 3 is 2.52 bits per heavy atom. The van der Waals surface area contributed by atoms with Crippen molar-refractivity contribution in [2.45, 2.75) is 85.0 Å². The molecule has 4 saturated carbocycles. The van der Waals surface area contributed by atoms with E-state index in [0.717, 1.165) is 46.8 Å². The van der Waals surface area contributed by atoms with Crippen molar-refractivity contribution in [1.29, 1.82) is 0 Å². The lowest BCUT2D eigenvalue weighted by molar-refractivity contribution is -0.0309. The van der Waals surface area contributed by atoms with Gasteiger partial charge in [0.15, 0.2) is 0 Å². The summed E-state index contributed by atoms with van der Waals surface area (Å²) < 4.78 is 0. The first-order valence-corrected chi connectivity index (χ1v) is 10.1. The van der Waals surface area contributed by atoms with Crippen LogP contribution in [-0.4, -0.2) is 0 Å². The lowest BCUT2D eigenvalue weighted by Crippen LogP contribution is -2.44. The molecule has 0 aromatic carbocycles. The smallest absolute Gasteiger partial charge is 0.0266 e. The molecule has 0 nitrogen and oxygen atoms in total. The molecule has 0 aromatic rings. The molecule has 4 aliphatic carbocycles. The van der Waals surface area contributed by atoms with Gasteiger partial charge >= 0.3 is 0 Å². The maximum Gasteiger partial charge on any atom is -0.0266 e. The third-order valence-corrected chi connectivity index (χ3v) is 9.10. The SMILES string of the molecule is CC[C@H]1CC[C@@H]2[C@@H](C[C@H]3[C@H]2CC[C@H]2CCCC[C@@]23C)[C@H]1C. The van der Waals surface area contributed by atoms with Crippen molar-refractivity contribution < 1.29 is 0 Å². The molecule has 0 heteroatoms. The van der Waals surface area contributed by atoms with Crippen LogP contribution in [0.3, 0.4) is 0 Å². The van der Waals surface area contributed by atoms with Crippen LogP contribution in [0.1, 0.15) is 85.0 Å². The van der Waals surface area contributed by atoms with Crippen LogP contribution in [0.5, 0.6) is 0 Å². The zero-order valence-electron chi connectivity index (χ0n) is 14.6. The topological polar surface area (TPSA) is 0 Å². The van der Waals surface area contributed by atoms with Crippen molar-refractivity contribution in [3.05, 3.63) is 0 Å². The summed E-state index contributed by atoms with van der Waals surface area (Å²) in [4.78, 5) is 0. The number of hydrogen-bond acceptors (Lipinski definition) is 0. The van der Waals surface area contributed by atoms with Crippen LogP contribution in [0, 0.1) is 46.8 Å². The summed E-state index contributed by atoms with van der Waals surface area (Å²) in [5.41, 5.74) is 0.736. The third kappa shape index (κ3) is 2.07. The highest BCUT2D eigenvalue weighted by molar-refractivity contribution is 5.06. The van der Waals surface area contributed by atoms with Crippen molar-refractivity contribution in [3.63, 3.8) is 0 Å². The zero-order chi connectivity index (χ0) is 14.6. The Morgan fingerprint density at radius 1 is 0.905 bits per heavy atom. The van der Waals surface area contributed by atoms with E-state index in [1.54, 1.807) is 44.9 Å². The Morgan fingerprint density at radius 2 is 1.71 bits per heavy atom. The minimum Gasteiger partial charge on any atom is -0.0651 e. The Bertz CT molecular complexity index is 385. The predicted molar refractivity (Wildman–Crippen MR) is 90.1 cm³/mol. The van der Waals surface area contributed by atoms with Crippen molar-refractivity contribution in [3.8, 4) is 0 Å². The molecule has 0 unspecified atom stereocenters. The predicted octanol–water partition coefficient (Wildman–Crippen LogP) is 6.30. The minimum absolute atomic E-state index is 0.736. The first kappa shape index (κ1) is 14.6. The fraction of sp³-hybridized carbons (Fsp3) is 1.00. The van der Waals surface area contributed by atoms with E-state index in [0.29, 0.717) is 0 Å². The van der Waals surface area contributed by atoms with Gasteiger partial charge < -0.3 is 0 Å². The molecule has 0 saturated heterocycles. The molecule has 0 heterocycles. The summed E-state index contributed by atoms with van der Waals surface area (Å²) in [7, 11) is 0. The maximum absolute atomic E-state index is 2.72. The van der Waals surface area contributed by atoms with Crippen LogP contribution in [-0.2, 0) is 0 Å². The second-order valence-electron chi connectivity index (χ2n) is 9.46. The van der Waals surface area contributed by atoms with E-state index in [9.17, 15) is 0 Å². The van der Waals surface area contributed by atoms with Crippen LogP contribution in [0.2, 0.25) is 0 Å². The maximum atomic E-state index is 2.72. The van der Waals surface area contributed by atoms with Crippen LogP contribution in [0.15, 0.2) is 0 Å². The monoisotopic (exact) mass is 288 g/mol. The first-order valence-electron chi connectivity index (χ1n) is 10.1. The van der Waals surface area contributed by atoms with E-state index in [1.807, 2.05) is 0 Å². The van der Waals surface area contributed by atoms with Crippen molar-refractivity contribution in [1.82, 2.24) is 0 Å². The minimum atomic E-state index is 0.736. The van der Waals surface area contributed by atoms with Crippen LogP contribution < -0.4 is 0 Å². The van der Waals surface area contributed by atoms with Gasteiger partial charge in [-0.15, -0.1) is 0 Å². The largest absolute Gasteiger partial charge is 0.0651 e. The highest BCUT2D eigenvalue weighted by atomic mass is 14.6. The van der Waals surface area contributed by atoms with Crippen LogP contribution >= 0.6 is 0 Å². The second-order valence-corrected chi connectivity index (χ2v) is 9.46. The van der Waals surface area contributed by atoms with Crippen LogP contribution in [0.25, 0.3) is 0 Å². The second kappa shape index (κ2) is 5.27. The molecule has 0 amide bonds. The Balaban J connectivity index is 1.60. The molecule has 21 heavy (non-hydrogen) atoms. The fourth-order valence-electron chi connectivity index (χ4n) is 7.85. The van der Waals surface area contributed by atoms with Crippen LogP contribution in [0.4, 0.5) is 0 Å². The molecular weight excluding hydrogens is 252 g/mol. The van der Waals surface area contributed by atoms with Gasteiger partial charge in [-0.2, -0.15) is 0 Å². The standard InChI is InChI=1S/C21H36/c1-4-15-8-10-17-18-11-9-16-7-5-6-12-21(16,3)20(18)13-19(17)14(15)2/h14-20H,4-13H2,1-3H3/t14-,15-,16+,17-,18-,19-,20-,21-/m0/s1. The number of rotatable bonds is 1. The molecule has 4 aliphatic rings. The van der Waals surface area contributed by atoms with Crippen molar-refractivity contribution in [2.75, 3.05) is 0 Å². The van der Waals surface area contributed by atoms with Gasteiger partial charge in [0.25, 0.3) is 0 Å². The number of fused-ring (bicyclic) bond motifs is 5. The van der Waals surface area contributed by atoms with Crippen molar-refractivity contribution >= 4 is 0 Å². The van der Waals surface area contributed by atoms with E-state index >= 15 is 0 Å². The molecule has 0 N–H and O–H groups in total. The molecular formula is C21H36. The Kier molecular flexibility index (Phi) is 3.66. The average molecular weight is 289 g/mol. The van der Waals surface area contributed by atoms with Gasteiger partial charge in [0.2, 0.25) is 0 Å². The van der Waals surface area contributed by atoms with Gasteiger partial charge in [-0.05, 0) is 91.8 Å². The quantitative estimate of drug-likeness (QED) is 0.531. The summed E-state index contributed by atoms with van der Waals surface area (Å²) in [6, 6.07) is 0. The number of hydrogen-bond donors (Lipinski definition) is 0. The highest BCUT2D eigenvalue weighted by Crippen LogP contribution is 2.65. The molecule has 4 rings (SSSR count). The lowest BCUT2D eigenvalue weighted by Gasteiger charge is -2.53. The molecule has 120 valence electrons. The lowest BCUT2D eigenvalue weighted by atomic mass is 9.52. The molecule has 0 bridgehead atoms. The summed E-state index contributed by atoms with van der Waals surface area (Å²) >= 11 is 0. The highest BCUT2D eigenvalue weighted by Gasteiger charge is 2.57. The van der Waals surface area contributed by atoms with Gasteiger partial charge in [0.05, 0.1) is 0 Å². The average Bonchev–Trinajstić information content (AvgIpc) is 2.88. The Labute approximate surface area is 132 Å². The summed E-state index contributed by atoms with van der Waals surface area (Å²) in [6.07, 6.45) is 15.5. The fourth-order valence-corrected chi connectivity index (χ4v) is 7.85. The van der Waals surface area contributed by atoms with E-state index in [2.05, 4.69) is 20.8 Å². The molecule has 0 aromatic heterocycles. The van der Waals surface area contributed by atoms with Gasteiger partial charge in [-0.1, -0.05) is 40.0 Å². The normalized spacial score (nSPS) is 56.4. The van der Waals surface area contributed by atoms with Gasteiger partial charge in [-0.25, -0.2) is 0 Å². The summed E-state index contributed by atoms with van der Waals surface area (Å²) in [5.74, 6) is 7.58. The molecule has 4 fully saturated rings. The van der Waals surface area contributed by atoms with E-state index in [-0.39, 0.29) is 0 Å². The van der Waals surface area contributed by atoms with E-state index in [4.69, 9.17) is 0 Å². The molecule has 0 aliphatic heterocycles. The summed E-state index contributed by atoms with van der Waals surface area (Å²) in [5, 5.41) is 0. The molecule has 8 atom stereocenters. The van der Waals surface area contributed by atoms with Crippen molar-refractivity contribution in [2.24, 2.45) is 46.8 Å². The summed E-state index contributed by atoms with van der Waals surface area (Å²) in [6.45, 7) is 7.76. The molecule has 0 radical (unpaired) electrons. The van der Waals surface area contributed by atoms with E-state index in [1.165, 1.54) is 19.3 Å². The zero-order valence-corrected chi connectivity index (χ0v) is 14.6. The van der Waals surface area contributed by atoms with Gasteiger partial charge in [-0.3, -0.25) is 0 Å². The van der Waals surface area contributed by atoms with E-state index < -0.39 is 0 Å². The van der Waals surface area contributed by atoms with Gasteiger partial charge in [0.1, 0.15) is 0 Å². The molecule has 0 spiro atoms. The third-order valence-electron chi connectivity index (χ3n) is 9.10. The first-order chi connectivity index (χ1) is 10.1. The Hall–Kier alpha value is 0.